The minimum atomic E-state index is 0.316. The molecule has 102 valence electrons. The van der Waals surface area contributed by atoms with Gasteiger partial charge < -0.3 is 4.90 Å². The first-order chi connectivity index (χ1) is 9.63. The van der Waals surface area contributed by atoms with Gasteiger partial charge in [-0.2, -0.15) is 5.26 Å². The van der Waals surface area contributed by atoms with Crippen molar-refractivity contribution in [2.75, 3.05) is 4.90 Å². The Kier molecular flexibility index (Phi) is 4.81. The zero-order valence-electron chi connectivity index (χ0n) is 11.7. The van der Waals surface area contributed by atoms with Gasteiger partial charge in [-0.3, -0.25) is 0 Å². The van der Waals surface area contributed by atoms with E-state index in [9.17, 15) is 5.26 Å². The lowest BCUT2D eigenvalue weighted by Crippen LogP contribution is -2.30. The Morgan fingerprint density at radius 3 is 2.40 bits per heavy atom. The van der Waals surface area contributed by atoms with Crippen LogP contribution in [-0.2, 0) is 6.54 Å². The fraction of sp³-hybridized carbons (Fsp3) is 0.235. The highest BCUT2D eigenvalue weighted by Crippen LogP contribution is 2.29. The van der Waals surface area contributed by atoms with Gasteiger partial charge in [-0.25, -0.2) is 0 Å². The fourth-order valence-corrected chi connectivity index (χ4v) is 2.63. The lowest BCUT2D eigenvalue weighted by Gasteiger charge is -2.30. The van der Waals surface area contributed by atoms with E-state index in [0.717, 1.165) is 16.7 Å². The van der Waals surface area contributed by atoms with Crippen LogP contribution in [0.4, 0.5) is 5.69 Å². The molecule has 0 amide bonds. The van der Waals surface area contributed by atoms with Crippen LogP contribution in [0.1, 0.15) is 25.0 Å². The summed E-state index contributed by atoms with van der Waals surface area (Å²) < 4.78 is 0.844. The minimum absolute atomic E-state index is 0.316. The molecule has 0 bridgehead atoms. The van der Waals surface area contributed by atoms with Crippen molar-refractivity contribution in [1.82, 2.24) is 0 Å². The normalized spacial score (nSPS) is 10.3. The predicted octanol–water partition coefficient (Wildman–Crippen LogP) is 4.74. The zero-order chi connectivity index (χ0) is 14.5. The van der Waals surface area contributed by atoms with Gasteiger partial charge in [-0.1, -0.05) is 36.4 Å². The molecule has 0 radical (unpaired) electrons. The summed E-state index contributed by atoms with van der Waals surface area (Å²) >= 11 is 3.46. The van der Waals surface area contributed by atoms with Crippen molar-refractivity contribution in [3.63, 3.8) is 0 Å². The summed E-state index contributed by atoms with van der Waals surface area (Å²) in [6.07, 6.45) is 0. The van der Waals surface area contributed by atoms with E-state index >= 15 is 0 Å². The topological polar surface area (TPSA) is 27.0 Å². The number of benzene rings is 2. The average molecular weight is 329 g/mol. The second-order valence-corrected chi connectivity index (χ2v) is 5.81. The molecule has 0 aliphatic heterocycles. The highest BCUT2D eigenvalue weighted by atomic mass is 79.9. The van der Waals surface area contributed by atoms with E-state index in [1.54, 1.807) is 0 Å². The lowest BCUT2D eigenvalue weighted by molar-refractivity contribution is 0.681. The molecule has 0 unspecified atom stereocenters. The smallest absolute Gasteiger partial charge is 0.103 e. The van der Waals surface area contributed by atoms with Gasteiger partial charge in [0.2, 0.25) is 0 Å². The largest absolute Gasteiger partial charge is 0.364 e. The number of hydrogen-bond acceptors (Lipinski definition) is 2. The molecule has 2 aromatic rings. The maximum Gasteiger partial charge on any atom is 0.103 e. The summed E-state index contributed by atoms with van der Waals surface area (Å²) in [5.74, 6) is 0. The van der Waals surface area contributed by atoms with Crippen molar-refractivity contribution >= 4 is 21.6 Å². The molecule has 2 rings (SSSR count). The maximum atomic E-state index is 9.39. The number of nitrogens with zero attached hydrogens (tertiary/aromatic N) is 2. The standard InChI is InChI=1S/C17H17BrN2/c1-13(2)20(12-14-7-4-3-5-8-14)17-10-6-9-16(18)15(17)11-19/h3-10,13H,12H2,1-2H3. The van der Waals surface area contributed by atoms with E-state index in [2.05, 4.69) is 52.9 Å². The molecule has 3 heteroatoms. The van der Waals surface area contributed by atoms with E-state index in [0.29, 0.717) is 11.6 Å². The van der Waals surface area contributed by atoms with Crippen molar-refractivity contribution in [2.24, 2.45) is 0 Å². The van der Waals surface area contributed by atoms with Crippen LogP contribution in [0.25, 0.3) is 0 Å². The molecular weight excluding hydrogens is 312 g/mol. The molecule has 0 saturated carbocycles. The van der Waals surface area contributed by atoms with E-state index in [1.807, 2.05) is 36.4 Å². The van der Waals surface area contributed by atoms with Crippen LogP contribution in [-0.4, -0.2) is 6.04 Å². The highest BCUT2D eigenvalue weighted by Gasteiger charge is 2.16. The Morgan fingerprint density at radius 1 is 1.10 bits per heavy atom. The molecular formula is C17H17BrN2. The quantitative estimate of drug-likeness (QED) is 0.810. The summed E-state index contributed by atoms with van der Waals surface area (Å²) in [5.41, 5.74) is 2.91. The summed E-state index contributed by atoms with van der Waals surface area (Å²) in [6.45, 7) is 5.08. The fourth-order valence-electron chi connectivity index (χ4n) is 2.19. The van der Waals surface area contributed by atoms with Crippen LogP contribution in [0.5, 0.6) is 0 Å². The van der Waals surface area contributed by atoms with Gasteiger partial charge in [-0.15, -0.1) is 0 Å². The number of anilines is 1. The third-order valence-corrected chi connectivity index (χ3v) is 3.89. The van der Waals surface area contributed by atoms with E-state index in [1.165, 1.54) is 5.56 Å². The molecule has 0 aromatic heterocycles. The van der Waals surface area contributed by atoms with Gasteiger partial charge >= 0.3 is 0 Å². The van der Waals surface area contributed by atoms with Gasteiger partial charge in [0.25, 0.3) is 0 Å². The molecule has 20 heavy (non-hydrogen) atoms. The van der Waals surface area contributed by atoms with Crippen LogP contribution in [0, 0.1) is 11.3 Å². The summed E-state index contributed by atoms with van der Waals surface area (Å²) in [7, 11) is 0. The SMILES string of the molecule is CC(C)N(Cc1ccccc1)c1cccc(Br)c1C#N. The summed E-state index contributed by atoms with van der Waals surface area (Å²) in [4.78, 5) is 2.25. The monoisotopic (exact) mass is 328 g/mol. The van der Waals surface area contributed by atoms with Crippen molar-refractivity contribution < 1.29 is 0 Å². The molecule has 0 aliphatic carbocycles. The van der Waals surface area contributed by atoms with Gasteiger partial charge in [0.15, 0.2) is 0 Å². The maximum absolute atomic E-state index is 9.39. The van der Waals surface area contributed by atoms with E-state index in [-0.39, 0.29) is 0 Å². The molecule has 0 saturated heterocycles. The Balaban J connectivity index is 2.40. The average Bonchev–Trinajstić information content (AvgIpc) is 2.45. The van der Waals surface area contributed by atoms with Gasteiger partial charge in [0.1, 0.15) is 6.07 Å². The van der Waals surface area contributed by atoms with Crippen LogP contribution >= 0.6 is 15.9 Å². The van der Waals surface area contributed by atoms with Crippen molar-refractivity contribution in [3.05, 3.63) is 64.1 Å². The van der Waals surface area contributed by atoms with E-state index < -0.39 is 0 Å². The second-order valence-electron chi connectivity index (χ2n) is 4.95. The van der Waals surface area contributed by atoms with E-state index in [4.69, 9.17) is 0 Å². The highest BCUT2D eigenvalue weighted by molar-refractivity contribution is 9.10. The Labute approximate surface area is 128 Å². The molecule has 2 nitrogen and oxygen atoms in total. The molecule has 0 fully saturated rings. The predicted molar refractivity (Wildman–Crippen MR) is 86.6 cm³/mol. The summed E-state index contributed by atoms with van der Waals surface area (Å²) in [6, 6.07) is 18.8. The Morgan fingerprint density at radius 2 is 1.80 bits per heavy atom. The van der Waals surface area contributed by atoms with Crippen molar-refractivity contribution in [1.29, 1.82) is 5.26 Å². The van der Waals surface area contributed by atoms with Crippen molar-refractivity contribution in [2.45, 2.75) is 26.4 Å². The third-order valence-electron chi connectivity index (χ3n) is 3.23. The van der Waals surface area contributed by atoms with Gasteiger partial charge in [0.05, 0.1) is 11.3 Å². The molecule has 0 N–H and O–H groups in total. The summed E-state index contributed by atoms with van der Waals surface area (Å²) in [5, 5.41) is 9.39. The molecule has 0 atom stereocenters. The van der Waals surface area contributed by atoms with Crippen LogP contribution < -0.4 is 4.90 Å². The second kappa shape index (κ2) is 6.58. The molecule has 2 aromatic carbocycles. The van der Waals surface area contributed by atoms with Crippen molar-refractivity contribution in [3.8, 4) is 6.07 Å². The molecule has 0 aliphatic rings. The van der Waals surface area contributed by atoms with Crippen LogP contribution in [0.15, 0.2) is 53.0 Å². The zero-order valence-corrected chi connectivity index (χ0v) is 13.3. The molecule has 0 heterocycles. The first-order valence-electron chi connectivity index (χ1n) is 6.62. The number of hydrogen-bond donors (Lipinski definition) is 0. The van der Waals surface area contributed by atoms with Gasteiger partial charge in [0, 0.05) is 17.1 Å². The van der Waals surface area contributed by atoms with Crippen LogP contribution in [0.3, 0.4) is 0 Å². The Hall–Kier alpha value is -1.79. The van der Waals surface area contributed by atoms with Gasteiger partial charge in [-0.05, 0) is 47.5 Å². The number of halogens is 1. The lowest BCUT2D eigenvalue weighted by atomic mass is 10.1. The Bertz CT molecular complexity index is 615. The number of rotatable bonds is 4. The van der Waals surface area contributed by atoms with Crippen LogP contribution in [0.2, 0.25) is 0 Å². The first-order valence-corrected chi connectivity index (χ1v) is 7.42. The number of nitriles is 1. The minimum Gasteiger partial charge on any atom is -0.364 e. The third kappa shape index (κ3) is 3.20. The first kappa shape index (κ1) is 14.6. The molecule has 0 spiro atoms.